The number of esters is 1. The zero-order valence-corrected chi connectivity index (χ0v) is 26.0. The van der Waals surface area contributed by atoms with Crippen molar-refractivity contribution in [2.45, 2.75) is 198 Å². The van der Waals surface area contributed by atoms with Crippen LogP contribution in [0.5, 0.6) is 0 Å². The molecule has 5 nitrogen and oxygen atoms in total. The molecule has 0 bridgehead atoms. The second-order valence-electron chi connectivity index (χ2n) is 12.8. The van der Waals surface area contributed by atoms with E-state index in [1.165, 1.54) is 70.6 Å². The fourth-order valence-corrected chi connectivity index (χ4v) is 6.31. The average molecular weight is 561 g/mol. The van der Waals surface area contributed by atoms with Gasteiger partial charge >= 0.3 is 5.97 Å². The molecule has 230 valence electrons. The fourth-order valence-electron chi connectivity index (χ4n) is 6.31. The molecule has 0 radical (unpaired) electrons. The Hall–Kier alpha value is -1.20. The van der Waals surface area contributed by atoms with Crippen LogP contribution in [0.3, 0.4) is 0 Å². The fraction of sp³-hybridized carbons (Fsp3) is 0.886. The summed E-state index contributed by atoms with van der Waals surface area (Å²) in [4.78, 5) is 23.8. The van der Waals surface area contributed by atoms with Crippen LogP contribution in [0.25, 0.3) is 0 Å². The zero-order chi connectivity index (χ0) is 28.4. The molecule has 0 aromatic heterocycles. The van der Waals surface area contributed by atoms with E-state index in [2.05, 4.69) is 6.92 Å². The molecule has 3 heterocycles. The molecule has 0 spiro atoms. The lowest BCUT2D eigenvalue weighted by atomic mass is 10.0. The van der Waals surface area contributed by atoms with Crippen molar-refractivity contribution in [1.82, 2.24) is 0 Å². The molecule has 3 aliphatic heterocycles. The molecule has 3 aliphatic rings. The van der Waals surface area contributed by atoms with Crippen LogP contribution in [-0.4, -0.2) is 42.3 Å². The lowest BCUT2D eigenvalue weighted by molar-refractivity contribution is -0.139. The molecule has 2 saturated heterocycles. The summed E-state index contributed by atoms with van der Waals surface area (Å²) in [6, 6.07) is 0. The molecule has 0 amide bonds. The molecule has 40 heavy (non-hydrogen) atoms. The number of ketones is 1. The number of hydrogen-bond donors (Lipinski definition) is 0. The van der Waals surface area contributed by atoms with E-state index in [-0.39, 0.29) is 12.1 Å². The van der Waals surface area contributed by atoms with Crippen LogP contribution in [-0.2, 0) is 23.8 Å². The largest absolute Gasteiger partial charge is 0.455 e. The topological polar surface area (TPSA) is 68.4 Å². The second-order valence-corrected chi connectivity index (χ2v) is 12.8. The monoisotopic (exact) mass is 560 g/mol. The predicted octanol–water partition coefficient (Wildman–Crippen LogP) is 9.34. The lowest BCUT2D eigenvalue weighted by Crippen LogP contribution is -2.03. The maximum atomic E-state index is 12.2. The van der Waals surface area contributed by atoms with Gasteiger partial charge in [-0.15, -0.1) is 0 Å². The number of carbonyl (C=O) groups excluding carboxylic acids is 2. The molecule has 5 atom stereocenters. The second kappa shape index (κ2) is 19.8. The minimum Gasteiger partial charge on any atom is -0.455 e. The Labute approximate surface area is 245 Å². The number of carbonyl (C=O) groups is 2. The molecule has 5 heteroatoms. The van der Waals surface area contributed by atoms with E-state index in [9.17, 15) is 9.59 Å². The first-order valence-electron chi connectivity index (χ1n) is 17.3. The Morgan fingerprint density at radius 3 is 1.62 bits per heavy atom. The highest BCUT2D eigenvalue weighted by Crippen LogP contribution is 2.37. The van der Waals surface area contributed by atoms with Gasteiger partial charge in [0.25, 0.3) is 0 Å². The first-order chi connectivity index (χ1) is 19.6. The van der Waals surface area contributed by atoms with Crippen molar-refractivity contribution in [3.05, 3.63) is 11.6 Å². The van der Waals surface area contributed by atoms with Crippen LogP contribution in [0.1, 0.15) is 168 Å². The number of hydrogen-bond acceptors (Lipinski definition) is 5. The molecule has 0 aromatic rings. The normalized spacial score (nSPS) is 25.2. The Balaban J connectivity index is 1.02. The van der Waals surface area contributed by atoms with Crippen LogP contribution in [0.2, 0.25) is 0 Å². The van der Waals surface area contributed by atoms with Gasteiger partial charge in [-0.2, -0.15) is 0 Å². The summed E-state index contributed by atoms with van der Waals surface area (Å²) < 4.78 is 16.9. The van der Waals surface area contributed by atoms with Crippen molar-refractivity contribution in [3.63, 3.8) is 0 Å². The van der Waals surface area contributed by atoms with Gasteiger partial charge in [0.2, 0.25) is 0 Å². The lowest BCUT2D eigenvalue weighted by Gasteiger charge is -2.03. The van der Waals surface area contributed by atoms with Crippen molar-refractivity contribution in [2.24, 2.45) is 0 Å². The molecule has 3 rings (SSSR count). The summed E-state index contributed by atoms with van der Waals surface area (Å²) in [5, 5.41) is 0. The van der Waals surface area contributed by atoms with E-state index in [1.54, 1.807) is 0 Å². The molecular weight excluding hydrogens is 500 g/mol. The number of Topliss-reactive ketones (excluding diaryl/α,β-unsaturated/α-hetero) is 1. The quantitative estimate of drug-likeness (QED) is 0.0569. The van der Waals surface area contributed by atoms with E-state index >= 15 is 0 Å². The van der Waals surface area contributed by atoms with Gasteiger partial charge in [-0.25, -0.2) is 4.79 Å². The number of epoxide rings is 2. The highest BCUT2D eigenvalue weighted by atomic mass is 16.6. The van der Waals surface area contributed by atoms with E-state index in [1.807, 2.05) is 13.0 Å². The number of ether oxygens (including phenoxy) is 3. The predicted molar refractivity (Wildman–Crippen MR) is 162 cm³/mol. The molecule has 0 N–H and O–H groups in total. The van der Waals surface area contributed by atoms with Crippen LogP contribution >= 0.6 is 0 Å². The third-order valence-corrected chi connectivity index (χ3v) is 9.04. The van der Waals surface area contributed by atoms with E-state index in [4.69, 9.17) is 14.2 Å². The first-order valence-corrected chi connectivity index (χ1v) is 17.3. The summed E-state index contributed by atoms with van der Waals surface area (Å²) in [6.07, 6.45) is 32.1. The summed E-state index contributed by atoms with van der Waals surface area (Å²) in [5.74, 6) is 0.276. The minimum absolute atomic E-state index is 0.0638. The molecule has 5 unspecified atom stereocenters. The van der Waals surface area contributed by atoms with Crippen molar-refractivity contribution in [1.29, 1.82) is 0 Å². The molecular formula is C35H60O5. The molecule has 0 aliphatic carbocycles. The summed E-state index contributed by atoms with van der Waals surface area (Å²) in [6.45, 7) is 4.18. The Morgan fingerprint density at radius 2 is 1.07 bits per heavy atom. The van der Waals surface area contributed by atoms with Crippen LogP contribution in [0, 0.1) is 0 Å². The van der Waals surface area contributed by atoms with Gasteiger partial charge in [-0.05, 0) is 64.4 Å². The number of cyclic esters (lactones) is 1. The Bertz CT molecular complexity index is 746. The molecule has 0 saturated carbocycles. The SMILES string of the molecule is CCCCCCCCCCCCC1OC1CCC1OC1CCCCC(=O)CCCCCCCC1=CC(C)OC1=O. The summed E-state index contributed by atoms with van der Waals surface area (Å²) in [5.41, 5.74) is 0.839. The standard InChI is InChI=1S/C35H60O5/c1-3-4-5-6-7-8-9-10-14-17-23-31-33(39-31)25-26-34-32(40-34)24-19-18-22-30(36)21-16-13-11-12-15-20-29-27-28(2)38-35(29)37/h27-28,31-34H,3-26H2,1-2H3. The molecule has 0 aromatic carbocycles. The highest BCUT2D eigenvalue weighted by Gasteiger charge is 2.42. The van der Waals surface area contributed by atoms with Crippen molar-refractivity contribution in [2.75, 3.05) is 0 Å². The number of unbranched alkanes of at least 4 members (excludes halogenated alkanes) is 14. The summed E-state index contributed by atoms with van der Waals surface area (Å²) in [7, 11) is 0. The Morgan fingerprint density at radius 1 is 0.625 bits per heavy atom. The van der Waals surface area contributed by atoms with E-state index in [0.29, 0.717) is 30.2 Å². The molecule has 2 fully saturated rings. The number of rotatable bonds is 27. The van der Waals surface area contributed by atoms with Gasteiger partial charge < -0.3 is 14.2 Å². The summed E-state index contributed by atoms with van der Waals surface area (Å²) >= 11 is 0. The van der Waals surface area contributed by atoms with Gasteiger partial charge in [0.05, 0.1) is 24.4 Å². The maximum absolute atomic E-state index is 12.2. The van der Waals surface area contributed by atoms with Gasteiger partial charge in [-0.3, -0.25) is 4.79 Å². The minimum atomic E-state index is -0.141. The van der Waals surface area contributed by atoms with Gasteiger partial charge in [-0.1, -0.05) is 96.8 Å². The van der Waals surface area contributed by atoms with E-state index in [0.717, 1.165) is 89.0 Å². The van der Waals surface area contributed by atoms with Gasteiger partial charge in [0.15, 0.2) is 0 Å². The zero-order valence-electron chi connectivity index (χ0n) is 26.0. The first kappa shape index (κ1) is 33.3. The van der Waals surface area contributed by atoms with Crippen LogP contribution in [0.4, 0.5) is 0 Å². The smallest absolute Gasteiger partial charge is 0.334 e. The Kier molecular flexibility index (Phi) is 16.5. The van der Waals surface area contributed by atoms with Crippen molar-refractivity contribution >= 4 is 11.8 Å². The van der Waals surface area contributed by atoms with Gasteiger partial charge in [0.1, 0.15) is 11.9 Å². The average Bonchev–Trinajstić information content (AvgIpc) is 3.84. The maximum Gasteiger partial charge on any atom is 0.334 e. The third-order valence-electron chi connectivity index (χ3n) is 9.04. The highest BCUT2D eigenvalue weighted by molar-refractivity contribution is 5.90. The van der Waals surface area contributed by atoms with Crippen LogP contribution in [0.15, 0.2) is 11.6 Å². The van der Waals surface area contributed by atoms with Crippen LogP contribution < -0.4 is 0 Å². The van der Waals surface area contributed by atoms with Crippen molar-refractivity contribution in [3.8, 4) is 0 Å². The van der Waals surface area contributed by atoms with Gasteiger partial charge in [0, 0.05) is 18.4 Å². The third kappa shape index (κ3) is 14.6. The van der Waals surface area contributed by atoms with Crippen molar-refractivity contribution < 1.29 is 23.8 Å². The van der Waals surface area contributed by atoms with E-state index < -0.39 is 0 Å².